The van der Waals surface area contributed by atoms with Crippen LogP contribution in [0.3, 0.4) is 0 Å². The number of rotatable bonds is 10. The summed E-state index contributed by atoms with van der Waals surface area (Å²) in [5.74, 6) is 0.874. The van der Waals surface area contributed by atoms with Crippen molar-refractivity contribution in [2.75, 3.05) is 33.4 Å². The van der Waals surface area contributed by atoms with Crippen LogP contribution in [0.5, 0.6) is 0 Å². The van der Waals surface area contributed by atoms with Crippen LogP contribution in [0.4, 0.5) is 0 Å². The maximum Gasteiger partial charge on any atom is 0.0589 e. The van der Waals surface area contributed by atoms with Crippen molar-refractivity contribution < 1.29 is 4.74 Å². The summed E-state index contributed by atoms with van der Waals surface area (Å²) in [4.78, 5) is 2.57. The second kappa shape index (κ2) is 10.6. The Labute approximate surface area is 126 Å². The van der Waals surface area contributed by atoms with E-state index in [1.807, 2.05) is 0 Å². The first-order chi connectivity index (χ1) is 9.69. The van der Waals surface area contributed by atoms with Crippen molar-refractivity contribution in [1.82, 2.24) is 10.2 Å². The minimum absolute atomic E-state index is 0.597. The van der Waals surface area contributed by atoms with Gasteiger partial charge in [-0.05, 0) is 45.6 Å². The first-order valence-corrected chi connectivity index (χ1v) is 8.65. The van der Waals surface area contributed by atoms with Crippen LogP contribution in [0.15, 0.2) is 0 Å². The molecule has 0 aromatic carbocycles. The fourth-order valence-electron chi connectivity index (χ4n) is 3.27. The summed E-state index contributed by atoms with van der Waals surface area (Å²) < 4.78 is 5.27. The van der Waals surface area contributed by atoms with Crippen molar-refractivity contribution in [3.63, 3.8) is 0 Å². The number of methoxy groups -OCH3 is 1. The molecule has 0 aliphatic heterocycles. The lowest BCUT2D eigenvalue weighted by atomic mass is 9.83. The minimum Gasteiger partial charge on any atom is -0.383 e. The molecule has 0 spiro atoms. The highest BCUT2D eigenvalue weighted by Crippen LogP contribution is 2.27. The molecule has 1 saturated carbocycles. The Kier molecular flexibility index (Phi) is 9.49. The molecule has 0 heterocycles. The Hall–Kier alpha value is -0.120. The van der Waals surface area contributed by atoms with Gasteiger partial charge in [-0.3, -0.25) is 4.90 Å². The molecule has 0 bridgehead atoms. The quantitative estimate of drug-likeness (QED) is 0.666. The van der Waals surface area contributed by atoms with E-state index in [-0.39, 0.29) is 0 Å². The highest BCUT2D eigenvalue weighted by molar-refractivity contribution is 4.83. The monoisotopic (exact) mass is 284 g/mol. The molecule has 3 nitrogen and oxygen atoms in total. The molecular weight excluding hydrogens is 248 g/mol. The molecule has 0 aromatic rings. The molecule has 0 amide bonds. The summed E-state index contributed by atoms with van der Waals surface area (Å²) in [7, 11) is 1.80. The Bertz CT molecular complexity index is 227. The van der Waals surface area contributed by atoms with Gasteiger partial charge >= 0.3 is 0 Å². The summed E-state index contributed by atoms with van der Waals surface area (Å²) in [6.45, 7) is 11.1. The Morgan fingerprint density at radius 1 is 1.20 bits per heavy atom. The first-order valence-electron chi connectivity index (χ1n) is 8.65. The van der Waals surface area contributed by atoms with Gasteiger partial charge in [0.15, 0.2) is 0 Å². The van der Waals surface area contributed by atoms with Crippen LogP contribution < -0.4 is 5.32 Å². The third-order valence-electron chi connectivity index (χ3n) is 4.62. The number of hydrogen-bond donors (Lipinski definition) is 1. The molecule has 1 atom stereocenters. The number of ether oxygens (including phenoxy) is 1. The van der Waals surface area contributed by atoms with E-state index in [1.165, 1.54) is 45.1 Å². The Morgan fingerprint density at radius 3 is 2.45 bits per heavy atom. The molecule has 20 heavy (non-hydrogen) atoms. The predicted octanol–water partition coefficient (Wildman–Crippen LogP) is 3.29. The molecule has 1 fully saturated rings. The molecule has 3 heteroatoms. The molecule has 1 N–H and O–H groups in total. The Morgan fingerprint density at radius 2 is 1.90 bits per heavy atom. The second-order valence-electron chi connectivity index (χ2n) is 6.54. The molecule has 0 saturated heterocycles. The van der Waals surface area contributed by atoms with E-state index in [9.17, 15) is 0 Å². The fourth-order valence-corrected chi connectivity index (χ4v) is 3.27. The predicted molar refractivity (Wildman–Crippen MR) is 87.2 cm³/mol. The van der Waals surface area contributed by atoms with Crippen molar-refractivity contribution >= 4 is 0 Å². The van der Waals surface area contributed by atoms with E-state index in [2.05, 4.69) is 31.0 Å². The first kappa shape index (κ1) is 17.9. The zero-order valence-corrected chi connectivity index (χ0v) is 14.2. The van der Waals surface area contributed by atoms with E-state index in [4.69, 9.17) is 4.74 Å². The molecular formula is C17H36N2O. The number of hydrogen-bond acceptors (Lipinski definition) is 3. The number of nitrogens with zero attached hydrogens (tertiary/aromatic N) is 1. The summed E-state index contributed by atoms with van der Waals surface area (Å²) in [6, 6.07) is 1.26. The van der Waals surface area contributed by atoms with E-state index in [0.717, 1.165) is 25.6 Å². The normalized spacial score (nSPS) is 18.9. The summed E-state index contributed by atoms with van der Waals surface area (Å²) in [5, 5.41) is 3.82. The van der Waals surface area contributed by atoms with Gasteiger partial charge in [-0.1, -0.05) is 26.2 Å². The maximum atomic E-state index is 5.27. The maximum absolute atomic E-state index is 5.27. The van der Waals surface area contributed by atoms with Gasteiger partial charge < -0.3 is 10.1 Å². The highest BCUT2D eigenvalue weighted by atomic mass is 16.5. The van der Waals surface area contributed by atoms with Crippen LogP contribution in [0.2, 0.25) is 0 Å². The number of nitrogens with one attached hydrogen (secondary N) is 1. The van der Waals surface area contributed by atoms with E-state index < -0.39 is 0 Å². The summed E-state index contributed by atoms with van der Waals surface area (Å²) >= 11 is 0. The SMILES string of the molecule is CCCNC(CN(CCOC)C(C)C)C1CCCCC1. The van der Waals surface area contributed by atoms with Gasteiger partial charge in [0.05, 0.1) is 6.61 Å². The zero-order chi connectivity index (χ0) is 14.8. The average molecular weight is 284 g/mol. The molecule has 1 aliphatic carbocycles. The van der Waals surface area contributed by atoms with Crippen LogP contribution in [0.1, 0.15) is 59.3 Å². The lowest BCUT2D eigenvalue weighted by molar-refractivity contribution is 0.107. The lowest BCUT2D eigenvalue weighted by Gasteiger charge is -2.36. The largest absolute Gasteiger partial charge is 0.383 e. The molecule has 1 aliphatic rings. The standard InChI is InChI=1S/C17H36N2O/c1-5-11-18-17(16-9-7-6-8-10-16)14-19(15(2)3)12-13-20-4/h15-18H,5-14H2,1-4H3. The van der Waals surface area contributed by atoms with Crippen molar-refractivity contribution in [2.45, 2.75) is 71.4 Å². The van der Waals surface area contributed by atoms with Crippen LogP contribution in [0.25, 0.3) is 0 Å². The van der Waals surface area contributed by atoms with Crippen LogP contribution >= 0.6 is 0 Å². The minimum atomic E-state index is 0.597. The van der Waals surface area contributed by atoms with Gasteiger partial charge in [-0.2, -0.15) is 0 Å². The Balaban J connectivity index is 2.55. The van der Waals surface area contributed by atoms with Crippen molar-refractivity contribution in [1.29, 1.82) is 0 Å². The van der Waals surface area contributed by atoms with E-state index in [0.29, 0.717) is 12.1 Å². The molecule has 0 aromatic heterocycles. The van der Waals surface area contributed by atoms with Crippen LogP contribution in [-0.4, -0.2) is 50.3 Å². The van der Waals surface area contributed by atoms with Gasteiger partial charge in [0.1, 0.15) is 0 Å². The van der Waals surface area contributed by atoms with Gasteiger partial charge in [0.25, 0.3) is 0 Å². The molecule has 1 rings (SSSR count). The van der Waals surface area contributed by atoms with Gasteiger partial charge in [-0.15, -0.1) is 0 Å². The highest BCUT2D eigenvalue weighted by Gasteiger charge is 2.25. The second-order valence-corrected chi connectivity index (χ2v) is 6.54. The van der Waals surface area contributed by atoms with Crippen molar-refractivity contribution in [3.8, 4) is 0 Å². The third kappa shape index (κ3) is 6.55. The molecule has 120 valence electrons. The average Bonchev–Trinajstić information content (AvgIpc) is 2.47. The van der Waals surface area contributed by atoms with E-state index in [1.54, 1.807) is 7.11 Å². The molecule has 0 radical (unpaired) electrons. The van der Waals surface area contributed by atoms with E-state index >= 15 is 0 Å². The van der Waals surface area contributed by atoms with Gasteiger partial charge in [-0.25, -0.2) is 0 Å². The van der Waals surface area contributed by atoms with Crippen LogP contribution in [-0.2, 0) is 4.74 Å². The van der Waals surface area contributed by atoms with Crippen molar-refractivity contribution in [2.24, 2.45) is 5.92 Å². The molecule has 1 unspecified atom stereocenters. The van der Waals surface area contributed by atoms with Gasteiger partial charge in [0, 0.05) is 32.3 Å². The summed E-state index contributed by atoms with van der Waals surface area (Å²) in [5.41, 5.74) is 0. The fraction of sp³-hybridized carbons (Fsp3) is 1.00. The summed E-state index contributed by atoms with van der Waals surface area (Å²) in [6.07, 6.45) is 8.34. The zero-order valence-electron chi connectivity index (χ0n) is 14.2. The van der Waals surface area contributed by atoms with Gasteiger partial charge in [0.2, 0.25) is 0 Å². The smallest absolute Gasteiger partial charge is 0.0589 e. The van der Waals surface area contributed by atoms with Crippen LogP contribution in [0, 0.1) is 5.92 Å². The lowest BCUT2D eigenvalue weighted by Crippen LogP contribution is -2.49. The topological polar surface area (TPSA) is 24.5 Å². The van der Waals surface area contributed by atoms with Crippen molar-refractivity contribution in [3.05, 3.63) is 0 Å². The third-order valence-corrected chi connectivity index (χ3v) is 4.62.